The van der Waals surface area contributed by atoms with Crippen LogP contribution in [-0.2, 0) is 41.3 Å². The van der Waals surface area contributed by atoms with E-state index in [1.54, 1.807) is 0 Å². The van der Waals surface area contributed by atoms with Crippen molar-refractivity contribution in [1.29, 1.82) is 0 Å². The van der Waals surface area contributed by atoms with Gasteiger partial charge in [-0.2, -0.15) is 26.3 Å². The Kier molecular flexibility index (Phi) is 7.23. The van der Waals surface area contributed by atoms with Gasteiger partial charge in [0.05, 0.1) is 17.5 Å². The third-order valence-corrected chi connectivity index (χ3v) is 12.8. The first-order valence-electron chi connectivity index (χ1n) is 13.0. The number of likely N-dealkylation sites (tertiary alicyclic amines) is 1. The Hall–Kier alpha value is -2.75. The highest BCUT2D eigenvalue weighted by Gasteiger charge is 2.74. The number of fused-ring (bicyclic) bond motifs is 3. The van der Waals surface area contributed by atoms with Gasteiger partial charge in [0.25, 0.3) is 0 Å². The fraction of sp³-hybridized carbons (Fsp3) is 0.538. The minimum absolute atomic E-state index is 0.0395. The topological polar surface area (TPSA) is 101 Å². The van der Waals surface area contributed by atoms with Crippen LogP contribution in [0.25, 0.3) is 0 Å². The number of hydrogen-bond donors (Lipinski definition) is 0. The quantitative estimate of drug-likeness (QED) is 0.458. The van der Waals surface area contributed by atoms with Crippen molar-refractivity contribution in [3.8, 4) is 0 Å². The van der Waals surface area contributed by atoms with Gasteiger partial charge in [-0.25, -0.2) is 26.2 Å². The fourth-order valence-electron chi connectivity index (χ4n) is 6.56. The largest absolute Gasteiger partial charge is 0.435 e. The molecule has 0 bridgehead atoms. The van der Waals surface area contributed by atoms with Gasteiger partial charge in [0.1, 0.15) is 14.6 Å². The van der Waals surface area contributed by atoms with E-state index in [-0.39, 0.29) is 61.3 Å². The molecular weight excluding hydrogens is 617 g/mol. The Labute approximate surface area is 236 Å². The first-order chi connectivity index (χ1) is 19.4. The summed E-state index contributed by atoms with van der Waals surface area (Å²) in [7, 11) is -7.84. The van der Waals surface area contributed by atoms with Crippen molar-refractivity contribution in [2.24, 2.45) is 5.92 Å². The third-order valence-electron chi connectivity index (χ3n) is 8.65. The van der Waals surface area contributed by atoms with Crippen molar-refractivity contribution in [2.75, 3.05) is 18.1 Å². The second-order valence-corrected chi connectivity index (χ2v) is 15.3. The zero-order valence-corrected chi connectivity index (χ0v) is 23.4. The summed E-state index contributed by atoms with van der Waals surface area (Å²) in [5.74, 6) is -1.59. The minimum Gasteiger partial charge on any atom is -0.337 e. The molecular formula is C26H25F7N2O5S2. The lowest BCUT2D eigenvalue weighted by atomic mass is 9.76. The number of pyridine rings is 1. The Morgan fingerprint density at radius 1 is 0.952 bits per heavy atom. The Balaban J connectivity index is 1.64. The maximum Gasteiger partial charge on any atom is 0.435 e. The van der Waals surface area contributed by atoms with Crippen LogP contribution in [-0.4, -0.2) is 69.1 Å². The van der Waals surface area contributed by atoms with E-state index in [0.717, 1.165) is 6.07 Å². The standard InChI is InChI=1S/C26H25F7N2O5S2/c27-24(25(28,29)30,26(31,32)33)18-5-6-19-17(15-18)4-7-20-23(19,42(39,40)21-3-1-2-11-34-21)10-12-35(20)22(36)16-8-13-41(37,38)14-9-16/h1-3,5-6,11,15-16,20H,4,7-10,12-14H2. The van der Waals surface area contributed by atoms with Crippen LogP contribution in [0.5, 0.6) is 0 Å². The van der Waals surface area contributed by atoms with Gasteiger partial charge >= 0.3 is 18.0 Å². The maximum atomic E-state index is 14.9. The zero-order chi connectivity index (χ0) is 30.9. The summed E-state index contributed by atoms with van der Waals surface area (Å²) in [5, 5.41) is -0.407. The molecule has 2 aliphatic heterocycles. The van der Waals surface area contributed by atoms with Crippen molar-refractivity contribution in [3.05, 3.63) is 59.3 Å². The van der Waals surface area contributed by atoms with Gasteiger partial charge in [0, 0.05) is 24.2 Å². The van der Waals surface area contributed by atoms with E-state index in [2.05, 4.69) is 4.98 Å². The summed E-state index contributed by atoms with van der Waals surface area (Å²) >= 11 is 0. The molecule has 5 rings (SSSR count). The summed E-state index contributed by atoms with van der Waals surface area (Å²) in [6, 6.07) is 4.46. The first-order valence-corrected chi connectivity index (χ1v) is 16.3. The lowest BCUT2D eigenvalue weighted by Crippen LogP contribution is -2.54. The van der Waals surface area contributed by atoms with Crippen LogP contribution in [0.15, 0.2) is 47.6 Å². The molecule has 1 aromatic heterocycles. The van der Waals surface area contributed by atoms with Crippen molar-refractivity contribution >= 4 is 25.6 Å². The molecule has 42 heavy (non-hydrogen) atoms. The molecule has 2 unspecified atom stereocenters. The fourth-order valence-corrected chi connectivity index (χ4v) is 10.3. The number of aromatic nitrogens is 1. The van der Waals surface area contributed by atoms with Gasteiger partial charge < -0.3 is 4.90 Å². The SMILES string of the molecule is O=C(C1CCS(=O)(=O)CC1)N1CCC2(S(=O)(=O)c3ccccn3)c3ccc(C(F)(C(F)(F)F)C(F)(F)F)cc3CCC12. The molecule has 16 heteroatoms. The number of sulfone groups is 2. The van der Waals surface area contributed by atoms with Crippen molar-refractivity contribution in [1.82, 2.24) is 9.88 Å². The molecule has 2 atom stereocenters. The number of carbonyl (C=O) groups excluding carboxylic acids is 1. The van der Waals surface area contributed by atoms with Gasteiger partial charge in [-0.15, -0.1) is 0 Å². The number of nitrogens with zero attached hydrogens (tertiary/aromatic N) is 2. The monoisotopic (exact) mass is 642 g/mol. The Morgan fingerprint density at radius 2 is 1.60 bits per heavy atom. The second-order valence-electron chi connectivity index (χ2n) is 10.8. The van der Waals surface area contributed by atoms with E-state index in [4.69, 9.17) is 0 Å². The summed E-state index contributed by atoms with van der Waals surface area (Å²) in [6.45, 7) is -0.113. The average molecular weight is 643 g/mol. The summed E-state index contributed by atoms with van der Waals surface area (Å²) in [4.78, 5) is 18.9. The molecule has 2 fully saturated rings. The van der Waals surface area contributed by atoms with Crippen LogP contribution in [0.3, 0.4) is 0 Å². The summed E-state index contributed by atoms with van der Waals surface area (Å²) < 4.78 is 146. The summed E-state index contributed by atoms with van der Waals surface area (Å²) in [5.41, 5.74) is -7.75. The highest BCUT2D eigenvalue weighted by Crippen LogP contribution is 2.56. The molecule has 0 spiro atoms. The zero-order valence-electron chi connectivity index (χ0n) is 21.8. The Bertz CT molecular complexity index is 1580. The van der Waals surface area contributed by atoms with Gasteiger partial charge in [-0.05, 0) is 55.4 Å². The number of halogens is 7. The third kappa shape index (κ3) is 4.50. The lowest BCUT2D eigenvalue weighted by Gasteiger charge is -2.43. The molecule has 0 saturated carbocycles. The number of aryl methyl sites for hydroxylation is 1. The van der Waals surface area contributed by atoms with Crippen molar-refractivity contribution < 1.29 is 52.4 Å². The van der Waals surface area contributed by atoms with Gasteiger partial charge in [-0.1, -0.05) is 24.3 Å². The number of amides is 1. The van der Waals surface area contributed by atoms with Crippen LogP contribution in [0.2, 0.25) is 0 Å². The molecule has 1 aliphatic carbocycles. The van der Waals surface area contributed by atoms with Crippen molar-refractivity contribution in [2.45, 2.75) is 65.9 Å². The highest BCUT2D eigenvalue weighted by atomic mass is 32.2. The van der Waals surface area contributed by atoms with Gasteiger partial charge in [0.2, 0.25) is 15.7 Å². The predicted octanol–water partition coefficient (Wildman–Crippen LogP) is 4.41. The number of benzene rings is 1. The highest BCUT2D eigenvalue weighted by molar-refractivity contribution is 7.92. The van der Waals surface area contributed by atoms with Gasteiger partial charge in [-0.3, -0.25) is 4.79 Å². The number of carbonyl (C=O) groups is 1. The minimum atomic E-state index is -6.35. The number of hydrogen-bond acceptors (Lipinski definition) is 6. The molecule has 0 N–H and O–H groups in total. The molecule has 3 heterocycles. The molecule has 230 valence electrons. The molecule has 1 aromatic carbocycles. The van der Waals surface area contributed by atoms with Crippen LogP contribution in [0.4, 0.5) is 30.7 Å². The Morgan fingerprint density at radius 3 is 2.17 bits per heavy atom. The molecule has 3 aliphatic rings. The molecule has 7 nitrogen and oxygen atoms in total. The molecule has 2 aromatic rings. The van der Waals surface area contributed by atoms with Crippen LogP contribution < -0.4 is 0 Å². The van der Waals surface area contributed by atoms with E-state index >= 15 is 0 Å². The average Bonchev–Trinajstić information content (AvgIpc) is 3.33. The number of rotatable bonds is 4. The van der Waals surface area contributed by atoms with Crippen LogP contribution >= 0.6 is 0 Å². The van der Waals surface area contributed by atoms with E-state index in [1.165, 1.54) is 29.3 Å². The van der Waals surface area contributed by atoms with Crippen LogP contribution in [0, 0.1) is 5.92 Å². The van der Waals surface area contributed by atoms with E-state index < -0.39 is 70.9 Å². The predicted molar refractivity (Wildman–Crippen MR) is 134 cm³/mol. The number of alkyl halides is 7. The van der Waals surface area contributed by atoms with Gasteiger partial charge in [0.15, 0.2) is 5.03 Å². The maximum absolute atomic E-state index is 14.9. The van der Waals surface area contributed by atoms with Crippen molar-refractivity contribution in [3.63, 3.8) is 0 Å². The second kappa shape index (κ2) is 9.89. The van der Waals surface area contributed by atoms with Crippen LogP contribution in [0.1, 0.15) is 42.4 Å². The van der Waals surface area contributed by atoms with E-state index in [9.17, 15) is 52.4 Å². The molecule has 1 amide bonds. The smallest absolute Gasteiger partial charge is 0.337 e. The summed E-state index contributed by atoms with van der Waals surface area (Å²) in [6.07, 6.45) is -12.1. The van der Waals surface area contributed by atoms with E-state index in [0.29, 0.717) is 12.1 Å². The molecule has 0 radical (unpaired) electrons. The lowest BCUT2D eigenvalue weighted by molar-refractivity contribution is -0.348. The van der Waals surface area contributed by atoms with E-state index in [1.807, 2.05) is 0 Å². The first kappa shape index (κ1) is 30.7. The normalized spacial score (nSPS) is 25.1. The molecule has 2 saturated heterocycles.